The summed E-state index contributed by atoms with van der Waals surface area (Å²) in [5, 5.41) is 6.94. The van der Waals surface area contributed by atoms with Gasteiger partial charge in [-0.25, -0.2) is 0 Å². The van der Waals surface area contributed by atoms with E-state index in [1.807, 2.05) is 7.05 Å². The van der Waals surface area contributed by atoms with Crippen LogP contribution < -0.4 is 10.6 Å². The Bertz CT molecular complexity index is 328. The molecule has 1 heterocycles. The second-order valence-electron chi connectivity index (χ2n) is 7.03. The quantitative estimate of drug-likeness (QED) is 0.408. The van der Waals surface area contributed by atoms with E-state index in [1.165, 1.54) is 18.6 Å². The van der Waals surface area contributed by atoms with Gasteiger partial charge in [0.05, 0.1) is 0 Å². The molecule has 0 radical (unpaired) electrons. The maximum Gasteiger partial charge on any atom is 0.191 e. The van der Waals surface area contributed by atoms with Gasteiger partial charge < -0.3 is 10.6 Å². The molecule has 0 aliphatic carbocycles. The molecule has 22 heavy (non-hydrogen) atoms. The van der Waals surface area contributed by atoms with Gasteiger partial charge in [-0.2, -0.15) is 11.8 Å². The average Bonchev–Trinajstić information content (AvgIpc) is 2.88. The van der Waals surface area contributed by atoms with Crippen LogP contribution in [0, 0.1) is 0 Å². The molecule has 0 aromatic carbocycles. The van der Waals surface area contributed by atoms with Gasteiger partial charge in [0, 0.05) is 43.5 Å². The summed E-state index contributed by atoms with van der Waals surface area (Å²) in [5.41, 5.74) is 0. The predicted molar refractivity (Wildman–Crippen MR) is 101 cm³/mol. The zero-order chi connectivity index (χ0) is 16.6. The maximum atomic E-state index is 4.34. The SMILES string of the molecule is CN=C(NCCCN(C(C)C)C(C)C)NCC1(C)CCCS1. The van der Waals surface area contributed by atoms with Crippen LogP contribution in [0.4, 0.5) is 0 Å². The second kappa shape index (κ2) is 9.66. The summed E-state index contributed by atoms with van der Waals surface area (Å²) in [6.45, 7) is 14.5. The maximum absolute atomic E-state index is 4.34. The molecule has 1 fully saturated rings. The number of thioether (sulfide) groups is 1. The van der Waals surface area contributed by atoms with Crippen LogP contribution in [0.2, 0.25) is 0 Å². The summed E-state index contributed by atoms with van der Waals surface area (Å²) in [7, 11) is 1.86. The zero-order valence-electron chi connectivity index (χ0n) is 15.4. The highest BCUT2D eigenvalue weighted by Gasteiger charge is 2.29. The first-order chi connectivity index (χ1) is 10.4. The molecule has 1 saturated heterocycles. The fraction of sp³-hybridized carbons (Fsp3) is 0.941. The Morgan fingerprint density at radius 2 is 1.91 bits per heavy atom. The Labute approximate surface area is 141 Å². The number of aliphatic imine (C=N–C) groups is 1. The van der Waals surface area contributed by atoms with Crippen molar-refractivity contribution in [1.29, 1.82) is 0 Å². The van der Waals surface area contributed by atoms with Gasteiger partial charge in [-0.3, -0.25) is 9.89 Å². The lowest BCUT2D eigenvalue weighted by atomic mass is 10.1. The lowest BCUT2D eigenvalue weighted by molar-refractivity contribution is 0.173. The van der Waals surface area contributed by atoms with E-state index >= 15 is 0 Å². The molecule has 1 rings (SSSR count). The van der Waals surface area contributed by atoms with Crippen LogP contribution in [-0.2, 0) is 0 Å². The Morgan fingerprint density at radius 3 is 2.41 bits per heavy atom. The second-order valence-corrected chi connectivity index (χ2v) is 8.72. The molecule has 0 saturated carbocycles. The van der Waals surface area contributed by atoms with Crippen molar-refractivity contribution in [1.82, 2.24) is 15.5 Å². The number of nitrogens with one attached hydrogen (secondary N) is 2. The number of guanidine groups is 1. The summed E-state index contributed by atoms with van der Waals surface area (Å²) in [5.74, 6) is 2.24. The Balaban J connectivity index is 2.24. The van der Waals surface area contributed by atoms with Crippen LogP contribution in [0.3, 0.4) is 0 Å². The first-order valence-electron chi connectivity index (χ1n) is 8.72. The minimum absolute atomic E-state index is 0.379. The largest absolute Gasteiger partial charge is 0.356 e. The van der Waals surface area contributed by atoms with Gasteiger partial charge in [0.15, 0.2) is 5.96 Å². The molecule has 1 aliphatic rings. The third kappa shape index (κ3) is 6.78. The lowest BCUT2D eigenvalue weighted by Gasteiger charge is -2.30. The molecule has 5 heteroatoms. The van der Waals surface area contributed by atoms with E-state index in [0.29, 0.717) is 16.8 Å². The van der Waals surface area contributed by atoms with Crippen LogP contribution in [0.25, 0.3) is 0 Å². The smallest absolute Gasteiger partial charge is 0.191 e. The van der Waals surface area contributed by atoms with Crippen molar-refractivity contribution < 1.29 is 0 Å². The van der Waals surface area contributed by atoms with Crippen molar-refractivity contribution in [2.45, 2.75) is 70.7 Å². The molecule has 0 bridgehead atoms. The van der Waals surface area contributed by atoms with Crippen molar-refractivity contribution in [3.05, 3.63) is 0 Å². The topological polar surface area (TPSA) is 39.7 Å². The molecule has 0 spiro atoms. The fourth-order valence-electron chi connectivity index (χ4n) is 3.05. The van der Waals surface area contributed by atoms with Gasteiger partial charge in [0.1, 0.15) is 0 Å². The van der Waals surface area contributed by atoms with E-state index in [0.717, 1.165) is 32.0 Å². The summed E-state index contributed by atoms with van der Waals surface area (Å²) in [6, 6.07) is 1.22. The van der Waals surface area contributed by atoms with Crippen LogP contribution in [0.1, 0.15) is 53.9 Å². The highest BCUT2D eigenvalue weighted by molar-refractivity contribution is 8.00. The minimum atomic E-state index is 0.379. The fourth-order valence-corrected chi connectivity index (χ4v) is 4.29. The molecule has 2 N–H and O–H groups in total. The van der Waals surface area contributed by atoms with Crippen LogP contribution >= 0.6 is 11.8 Å². The summed E-state index contributed by atoms with van der Waals surface area (Å²) in [6.07, 6.45) is 3.79. The van der Waals surface area contributed by atoms with E-state index < -0.39 is 0 Å². The Morgan fingerprint density at radius 1 is 1.23 bits per heavy atom. The molecule has 130 valence electrons. The Hall–Kier alpha value is -0.420. The monoisotopic (exact) mass is 328 g/mol. The molecule has 1 atom stereocenters. The van der Waals surface area contributed by atoms with Gasteiger partial charge in [0.2, 0.25) is 0 Å². The predicted octanol–water partition coefficient (Wildman–Crippen LogP) is 2.95. The molecule has 0 amide bonds. The van der Waals surface area contributed by atoms with E-state index in [4.69, 9.17) is 0 Å². The van der Waals surface area contributed by atoms with E-state index in [1.54, 1.807) is 0 Å². The molecular formula is C17H36N4S. The summed E-state index contributed by atoms with van der Waals surface area (Å²) >= 11 is 2.08. The van der Waals surface area contributed by atoms with Gasteiger partial charge in [-0.15, -0.1) is 0 Å². The Kier molecular flexibility index (Phi) is 8.62. The molecule has 1 unspecified atom stereocenters. The van der Waals surface area contributed by atoms with Crippen LogP contribution in [0.15, 0.2) is 4.99 Å². The van der Waals surface area contributed by atoms with Gasteiger partial charge in [-0.1, -0.05) is 0 Å². The van der Waals surface area contributed by atoms with Crippen LogP contribution in [0.5, 0.6) is 0 Å². The molecule has 1 aliphatic heterocycles. The lowest BCUT2D eigenvalue weighted by Crippen LogP contribution is -2.44. The van der Waals surface area contributed by atoms with E-state index in [2.05, 4.69) is 66.9 Å². The van der Waals surface area contributed by atoms with Gasteiger partial charge >= 0.3 is 0 Å². The van der Waals surface area contributed by atoms with Crippen molar-refractivity contribution in [2.75, 3.05) is 32.4 Å². The highest BCUT2D eigenvalue weighted by Crippen LogP contribution is 2.36. The van der Waals surface area contributed by atoms with Crippen molar-refractivity contribution in [2.24, 2.45) is 4.99 Å². The first kappa shape index (κ1) is 19.6. The van der Waals surface area contributed by atoms with E-state index in [9.17, 15) is 0 Å². The number of hydrogen-bond acceptors (Lipinski definition) is 3. The summed E-state index contributed by atoms with van der Waals surface area (Å²) in [4.78, 5) is 6.87. The van der Waals surface area contributed by atoms with Crippen molar-refractivity contribution in [3.8, 4) is 0 Å². The van der Waals surface area contributed by atoms with Gasteiger partial charge in [0.25, 0.3) is 0 Å². The molecule has 0 aromatic rings. The van der Waals surface area contributed by atoms with Crippen LogP contribution in [-0.4, -0.2) is 60.1 Å². The third-order valence-electron chi connectivity index (χ3n) is 4.37. The molecule has 4 nitrogen and oxygen atoms in total. The number of rotatable bonds is 8. The zero-order valence-corrected chi connectivity index (χ0v) is 16.2. The van der Waals surface area contributed by atoms with E-state index in [-0.39, 0.29) is 0 Å². The third-order valence-corrected chi connectivity index (χ3v) is 5.90. The summed E-state index contributed by atoms with van der Waals surface area (Å²) < 4.78 is 0.379. The highest BCUT2D eigenvalue weighted by atomic mass is 32.2. The first-order valence-corrected chi connectivity index (χ1v) is 9.71. The number of nitrogens with zero attached hydrogens (tertiary/aromatic N) is 2. The van der Waals surface area contributed by atoms with Gasteiger partial charge in [-0.05, 0) is 59.6 Å². The average molecular weight is 329 g/mol. The standard InChI is InChI=1S/C17H36N4S/c1-14(2)21(15(3)4)11-8-10-19-16(18-6)20-13-17(5)9-7-12-22-17/h14-15H,7-13H2,1-6H3,(H2,18,19,20). The normalized spacial score (nSPS) is 22.9. The van der Waals surface area contributed by atoms with Crippen molar-refractivity contribution >= 4 is 17.7 Å². The number of hydrogen-bond donors (Lipinski definition) is 2. The molecule has 0 aromatic heterocycles. The molecular weight excluding hydrogens is 292 g/mol. The van der Waals surface area contributed by atoms with Crippen molar-refractivity contribution in [3.63, 3.8) is 0 Å². The minimum Gasteiger partial charge on any atom is -0.356 e.